The summed E-state index contributed by atoms with van der Waals surface area (Å²) in [6, 6.07) is 0.746. The van der Waals surface area contributed by atoms with Gasteiger partial charge in [-0.3, -0.25) is 14.5 Å². The first kappa shape index (κ1) is 22.9. The van der Waals surface area contributed by atoms with E-state index in [4.69, 9.17) is 6.42 Å². The van der Waals surface area contributed by atoms with Crippen molar-refractivity contribution in [2.75, 3.05) is 16.8 Å². The van der Waals surface area contributed by atoms with Crippen LogP contribution >= 0.6 is 0 Å². The maximum Gasteiger partial charge on any atom is 0.483 e. The number of alkyl halides is 2. The van der Waals surface area contributed by atoms with Crippen LogP contribution in [0.15, 0.2) is 12.1 Å². The molecule has 0 bridgehead atoms. The van der Waals surface area contributed by atoms with Gasteiger partial charge in [-0.1, -0.05) is 12.8 Å². The molecule has 0 radical (unpaired) electrons. The molecule has 0 spiro atoms. The Bertz CT molecular complexity index is 1160. The average Bonchev–Trinajstić information content (AvgIpc) is 2.73. The van der Waals surface area contributed by atoms with Gasteiger partial charge in [0.25, 0.3) is 0 Å². The van der Waals surface area contributed by atoms with E-state index >= 15 is 0 Å². The zero-order valence-corrected chi connectivity index (χ0v) is 16.0. The third-order valence-corrected chi connectivity index (χ3v) is 4.44. The van der Waals surface area contributed by atoms with Gasteiger partial charge >= 0.3 is 12.0 Å². The first-order chi connectivity index (χ1) is 14.9. The van der Waals surface area contributed by atoms with Crippen LogP contribution < -0.4 is 15.0 Å². The highest BCUT2D eigenvalue weighted by molar-refractivity contribution is 6.02. The number of halogens is 7. The van der Waals surface area contributed by atoms with Crippen LogP contribution in [-0.4, -0.2) is 24.5 Å². The molecule has 2 aromatic rings. The number of rotatable bonds is 4. The number of nitrogens with zero attached hydrogens (tertiary/aromatic N) is 1. The van der Waals surface area contributed by atoms with Crippen LogP contribution in [0, 0.1) is 41.4 Å². The molecule has 2 aromatic carbocycles. The van der Waals surface area contributed by atoms with Crippen LogP contribution in [0.3, 0.4) is 0 Å². The molecule has 0 fully saturated rings. The molecule has 3 rings (SSSR count). The molecule has 1 aliphatic rings. The molecule has 1 N–H and O–H groups in total. The average molecular weight is 460 g/mol. The second kappa shape index (κ2) is 8.07. The minimum atomic E-state index is -4.41. The number of carbonyl (C=O) groups excluding carboxylic acids is 2. The summed E-state index contributed by atoms with van der Waals surface area (Å²) < 4.78 is 104. The normalized spacial score (nSPS) is 14.5. The Morgan fingerprint density at radius 2 is 1.72 bits per heavy atom. The second-order valence-electron chi connectivity index (χ2n) is 6.42. The number of nitrogens with one attached hydrogen (secondary N) is 1. The summed E-state index contributed by atoms with van der Waals surface area (Å²) in [6.45, 7) is 0.551. The lowest BCUT2D eigenvalue weighted by Crippen LogP contribution is -2.51. The lowest BCUT2D eigenvalue weighted by molar-refractivity contribution is -0.192. The Morgan fingerprint density at radius 1 is 1.12 bits per heavy atom. The minimum absolute atomic E-state index is 0.260. The summed E-state index contributed by atoms with van der Waals surface area (Å²) in [5, 5.41) is 1.65. The lowest BCUT2D eigenvalue weighted by atomic mass is 10.00. The Balaban J connectivity index is 2.26. The summed E-state index contributed by atoms with van der Waals surface area (Å²) in [7, 11) is 0. The minimum Gasteiger partial charge on any atom is -0.423 e. The molecule has 0 aromatic heterocycles. The number of hydrogen-bond acceptors (Lipinski definition) is 3. The fourth-order valence-electron chi connectivity index (χ4n) is 2.93. The van der Waals surface area contributed by atoms with E-state index in [0.29, 0.717) is 6.07 Å². The maximum absolute atomic E-state index is 14.6. The van der Waals surface area contributed by atoms with Crippen molar-refractivity contribution in [3.8, 4) is 29.2 Å². The van der Waals surface area contributed by atoms with Crippen molar-refractivity contribution >= 4 is 23.2 Å². The fraction of sp³-hybridized carbons (Fsp3) is 0.200. The molecule has 1 aliphatic heterocycles. The summed E-state index contributed by atoms with van der Waals surface area (Å²) in [6.07, 6.45) is 0.363. The van der Waals surface area contributed by atoms with Gasteiger partial charge in [0.15, 0.2) is 29.0 Å². The van der Waals surface area contributed by atoms with Gasteiger partial charge < -0.3 is 10.1 Å². The van der Waals surface area contributed by atoms with Gasteiger partial charge in [0.2, 0.25) is 5.91 Å². The van der Waals surface area contributed by atoms with E-state index in [1.165, 1.54) is 6.92 Å². The van der Waals surface area contributed by atoms with E-state index in [2.05, 4.69) is 4.74 Å². The van der Waals surface area contributed by atoms with Gasteiger partial charge in [0, 0.05) is 18.1 Å². The van der Waals surface area contributed by atoms with E-state index in [1.54, 1.807) is 5.32 Å². The van der Waals surface area contributed by atoms with Gasteiger partial charge in [0.1, 0.15) is 11.5 Å². The quantitative estimate of drug-likeness (QED) is 0.420. The summed E-state index contributed by atoms with van der Waals surface area (Å²) >= 11 is 0. The zero-order valence-electron chi connectivity index (χ0n) is 16.0. The van der Waals surface area contributed by atoms with Gasteiger partial charge in [-0.2, -0.15) is 8.78 Å². The summed E-state index contributed by atoms with van der Waals surface area (Å²) in [5.41, 5.74) is -4.70. The fourth-order valence-corrected chi connectivity index (χ4v) is 2.93. The molecule has 12 heteroatoms. The molecular weight excluding hydrogens is 449 g/mol. The molecular formula is C20H11F7N2O3. The Labute approximate surface area is 175 Å². The van der Waals surface area contributed by atoms with Crippen molar-refractivity contribution in [3.05, 3.63) is 41.2 Å². The molecule has 2 amide bonds. The third-order valence-electron chi connectivity index (χ3n) is 4.44. The number of hydrogen-bond donors (Lipinski definition) is 1. The van der Waals surface area contributed by atoms with Crippen molar-refractivity contribution in [1.82, 2.24) is 0 Å². The standard InChI is InChI=1S/C20H11F7N2O3/c1-3-5-29-10-6-8(9(21)7-11(10)32-20(26,27)19(29)31)13-14(22)16(24)18(17(25)15(13)23)28-12(30)4-2/h1,6-7H,4-5H2,2H3,(H,28,30). The highest BCUT2D eigenvalue weighted by atomic mass is 19.3. The van der Waals surface area contributed by atoms with E-state index in [0.717, 1.165) is 0 Å². The molecule has 0 unspecified atom stereocenters. The Hall–Kier alpha value is -3.75. The van der Waals surface area contributed by atoms with Crippen LogP contribution in [0.5, 0.6) is 5.75 Å². The van der Waals surface area contributed by atoms with Crippen molar-refractivity contribution in [1.29, 1.82) is 0 Å². The highest BCUT2D eigenvalue weighted by Crippen LogP contribution is 2.44. The number of amides is 2. The number of carbonyl (C=O) groups is 2. The smallest absolute Gasteiger partial charge is 0.423 e. The van der Waals surface area contributed by atoms with Gasteiger partial charge in [0.05, 0.1) is 17.8 Å². The molecule has 0 atom stereocenters. The molecule has 0 aliphatic carbocycles. The Kier molecular flexibility index (Phi) is 5.78. The number of terminal acetylenes is 1. The lowest BCUT2D eigenvalue weighted by Gasteiger charge is -2.32. The second-order valence-corrected chi connectivity index (χ2v) is 6.42. The van der Waals surface area contributed by atoms with Crippen molar-refractivity contribution in [2.24, 2.45) is 0 Å². The van der Waals surface area contributed by atoms with Crippen LogP contribution in [0.1, 0.15) is 13.3 Å². The molecule has 168 valence electrons. The summed E-state index contributed by atoms with van der Waals surface area (Å²) in [5.74, 6) is -11.7. The number of fused-ring (bicyclic) bond motifs is 1. The van der Waals surface area contributed by atoms with Gasteiger partial charge in [-0.05, 0) is 6.07 Å². The van der Waals surface area contributed by atoms with Crippen LogP contribution in [0.2, 0.25) is 0 Å². The molecule has 0 saturated carbocycles. The molecule has 1 heterocycles. The Morgan fingerprint density at radius 3 is 2.25 bits per heavy atom. The van der Waals surface area contributed by atoms with Crippen LogP contribution in [0.4, 0.5) is 42.1 Å². The first-order valence-electron chi connectivity index (χ1n) is 8.76. The zero-order chi connectivity index (χ0) is 24.0. The van der Waals surface area contributed by atoms with Crippen molar-refractivity contribution in [3.63, 3.8) is 0 Å². The van der Waals surface area contributed by atoms with Crippen LogP contribution in [0.25, 0.3) is 11.1 Å². The molecule has 5 nitrogen and oxygen atoms in total. The van der Waals surface area contributed by atoms with Crippen molar-refractivity contribution < 1.29 is 45.1 Å². The first-order valence-corrected chi connectivity index (χ1v) is 8.76. The van der Waals surface area contributed by atoms with Gasteiger partial charge in [-0.15, -0.1) is 6.42 Å². The van der Waals surface area contributed by atoms with Crippen LogP contribution in [-0.2, 0) is 9.59 Å². The van der Waals surface area contributed by atoms with E-state index in [1.807, 2.05) is 5.92 Å². The molecule has 0 saturated heterocycles. The number of anilines is 2. The van der Waals surface area contributed by atoms with E-state index in [-0.39, 0.29) is 17.4 Å². The van der Waals surface area contributed by atoms with Gasteiger partial charge in [-0.25, -0.2) is 22.0 Å². The third kappa shape index (κ3) is 3.59. The molecule has 32 heavy (non-hydrogen) atoms. The SMILES string of the molecule is C#CCN1C(=O)C(F)(F)Oc2cc(F)c(-c3c(F)c(F)c(NC(=O)CC)c(F)c3F)cc21. The van der Waals surface area contributed by atoms with E-state index < -0.39 is 81.8 Å². The topological polar surface area (TPSA) is 58.6 Å². The monoisotopic (exact) mass is 460 g/mol. The van der Waals surface area contributed by atoms with Crippen molar-refractivity contribution in [2.45, 2.75) is 19.5 Å². The number of ether oxygens (including phenoxy) is 1. The summed E-state index contributed by atoms with van der Waals surface area (Å²) in [4.78, 5) is 23.6. The van der Waals surface area contributed by atoms with E-state index in [9.17, 15) is 40.3 Å². The number of benzene rings is 2. The predicted octanol–water partition coefficient (Wildman–Crippen LogP) is 4.35. The maximum atomic E-state index is 14.6. The highest BCUT2D eigenvalue weighted by Gasteiger charge is 2.50. The largest absolute Gasteiger partial charge is 0.483 e. The predicted molar refractivity (Wildman–Crippen MR) is 97.3 cm³/mol.